The molecule has 1 amide bonds. The second-order valence-electron chi connectivity index (χ2n) is 6.16. The largest absolute Gasteiger partial charge is 0.497 e. The Labute approximate surface area is 177 Å². The fourth-order valence-corrected chi connectivity index (χ4v) is 3.49. The number of hydrogen-bond donors (Lipinski definition) is 2. The number of anilines is 2. The molecule has 2 N–H and O–H groups in total. The molecule has 150 valence electrons. The number of rotatable bonds is 8. The van der Waals surface area contributed by atoms with Crippen LogP contribution in [-0.4, -0.2) is 30.3 Å². The summed E-state index contributed by atoms with van der Waals surface area (Å²) in [6, 6.07) is 12.3. The number of halogens is 1. The lowest BCUT2D eigenvalue weighted by Gasteiger charge is -2.06. The van der Waals surface area contributed by atoms with Crippen LogP contribution in [0.5, 0.6) is 5.75 Å². The molecule has 0 aliphatic heterocycles. The smallest absolute Gasteiger partial charge is 0.257 e. The van der Waals surface area contributed by atoms with E-state index in [1.54, 1.807) is 37.4 Å². The maximum atomic E-state index is 12.5. The summed E-state index contributed by atoms with van der Waals surface area (Å²) in [5, 5.41) is 8.67. The number of thiazole rings is 1. The van der Waals surface area contributed by atoms with Crippen LogP contribution in [0.4, 0.5) is 10.8 Å². The number of carbonyl (C=O) groups is 2. The number of ether oxygens (including phenoxy) is 1. The molecule has 0 bridgehead atoms. The molecule has 0 saturated carbocycles. The van der Waals surface area contributed by atoms with Gasteiger partial charge in [-0.15, -0.1) is 11.3 Å². The van der Waals surface area contributed by atoms with Crippen LogP contribution in [0.2, 0.25) is 5.02 Å². The molecule has 0 fully saturated rings. The minimum atomic E-state index is -0.261. The van der Waals surface area contributed by atoms with E-state index in [1.807, 2.05) is 24.4 Å². The van der Waals surface area contributed by atoms with Crippen molar-refractivity contribution in [3.8, 4) is 17.0 Å². The number of hydrogen-bond acceptors (Lipinski definition) is 6. The van der Waals surface area contributed by atoms with Crippen molar-refractivity contribution >= 4 is 45.4 Å². The molecule has 0 aliphatic carbocycles. The first-order valence-corrected chi connectivity index (χ1v) is 10.2. The predicted octanol–water partition coefficient (Wildman–Crippen LogP) is 5.12. The van der Waals surface area contributed by atoms with Gasteiger partial charge in [-0.1, -0.05) is 18.5 Å². The van der Waals surface area contributed by atoms with Gasteiger partial charge in [0.25, 0.3) is 5.91 Å². The Balaban J connectivity index is 1.65. The molecule has 8 heteroatoms. The van der Waals surface area contributed by atoms with E-state index in [4.69, 9.17) is 16.3 Å². The number of aromatic nitrogens is 1. The van der Waals surface area contributed by atoms with Crippen LogP contribution >= 0.6 is 22.9 Å². The van der Waals surface area contributed by atoms with E-state index in [0.29, 0.717) is 33.6 Å². The predicted molar refractivity (Wildman–Crippen MR) is 117 cm³/mol. The number of benzene rings is 2. The van der Waals surface area contributed by atoms with Gasteiger partial charge in [0, 0.05) is 28.6 Å². The van der Waals surface area contributed by atoms with Crippen molar-refractivity contribution in [3.63, 3.8) is 0 Å². The number of carbonyl (C=O) groups excluding carboxylic acids is 2. The minimum Gasteiger partial charge on any atom is -0.497 e. The van der Waals surface area contributed by atoms with Crippen molar-refractivity contribution in [2.45, 2.75) is 13.3 Å². The Morgan fingerprint density at radius 2 is 1.93 bits per heavy atom. The van der Waals surface area contributed by atoms with Gasteiger partial charge in [0.15, 0.2) is 10.9 Å². The van der Waals surface area contributed by atoms with Crippen molar-refractivity contribution in [2.24, 2.45) is 0 Å². The van der Waals surface area contributed by atoms with Crippen molar-refractivity contribution < 1.29 is 14.3 Å². The summed E-state index contributed by atoms with van der Waals surface area (Å²) in [6.45, 7) is 2.10. The van der Waals surface area contributed by atoms with Gasteiger partial charge in [0.05, 0.1) is 24.4 Å². The molecular weight excluding hydrogens is 410 g/mol. The van der Waals surface area contributed by atoms with Crippen molar-refractivity contribution in [1.82, 2.24) is 4.98 Å². The van der Waals surface area contributed by atoms with Crippen LogP contribution in [0.15, 0.2) is 47.8 Å². The van der Waals surface area contributed by atoms with Gasteiger partial charge >= 0.3 is 0 Å². The summed E-state index contributed by atoms with van der Waals surface area (Å²) >= 11 is 7.61. The van der Waals surface area contributed by atoms with Crippen molar-refractivity contribution in [2.75, 3.05) is 24.3 Å². The third-order valence-corrected chi connectivity index (χ3v) is 5.28. The van der Waals surface area contributed by atoms with Crippen LogP contribution in [0.3, 0.4) is 0 Å². The van der Waals surface area contributed by atoms with E-state index < -0.39 is 0 Å². The number of nitrogens with one attached hydrogen (secondary N) is 2. The van der Waals surface area contributed by atoms with E-state index >= 15 is 0 Å². The van der Waals surface area contributed by atoms with Gasteiger partial charge in [-0.2, -0.15) is 0 Å². The van der Waals surface area contributed by atoms with E-state index in [2.05, 4.69) is 15.6 Å². The molecule has 0 saturated heterocycles. The van der Waals surface area contributed by atoms with Gasteiger partial charge in [0.1, 0.15) is 5.75 Å². The number of amides is 1. The Kier molecular flexibility index (Phi) is 6.85. The minimum absolute atomic E-state index is 0.128. The van der Waals surface area contributed by atoms with Gasteiger partial charge in [-0.3, -0.25) is 14.9 Å². The molecular formula is C21H20ClN3O3S. The average molecular weight is 430 g/mol. The number of Topliss-reactive ketones (excluding diaryl/α,β-unsaturated/α-hetero) is 1. The monoisotopic (exact) mass is 429 g/mol. The summed E-state index contributed by atoms with van der Waals surface area (Å²) in [4.78, 5) is 28.3. The SMILES string of the molecule is CCC(=O)CNc1ccc(C(=O)Nc2nc(-c3ccc(OC)cc3Cl)cs2)cc1. The third-order valence-electron chi connectivity index (χ3n) is 4.21. The summed E-state index contributed by atoms with van der Waals surface area (Å²) in [6.07, 6.45) is 0.491. The molecule has 0 radical (unpaired) electrons. The first kappa shape index (κ1) is 20.8. The maximum absolute atomic E-state index is 12.5. The van der Waals surface area contributed by atoms with Crippen LogP contribution in [0.1, 0.15) is 23.7 Å². The normalized spacial score (nSPS) is 10.4. The quantitative estimate of drug-likeness (QED) is 0.519. The Morgan fingerprint density at radius 1 is 1.17 bits per heavy atom. The summed E-state index contributed by atoms with van der Waals surface area (Å²) in [5.74, 6) is 0.533. The van der Waals surface area contributed by atoms with Crippen molar-refractivity contribution in [3.05, 3.63) is 58.4 Å². The van der Waals surface area contributed by atoms with E-state index in [9.17, 15) is 9.59 Å². The fraction of sp³-hybridized carbons (Fsp3) is 0.190. The van der Waals surface area contributed by atoms with Crippen LogP contribution in [-0.2, 0) is 4.79 Å². The van der Waals surface area contributed by atoms with Gasteiger partial charge < -0.3 is 10.1 Å². The topological polar surface area (TPSA) is 80.3 Å². The zero-order chi connectivity index (χ0) is 20.8. The lowest BCUT2D eigenvalue weighted by atomic mass is 10.1. The molecule has 6 nitrogen and oxygen atoms in total. The third kappa shape index (κ3) is 5.34. The maximum Gasteiger partial charge on any atom is 0.257 e. The Hall–Kier alpha value is -2.90. The molecule has 2 aromatic carbocycles. The molecule has 0 atom stereocenters. The molecule has 3 aromatic rings. The van der Waals surface area contributed by atoms with Crippen LogP contribution in [0, 0.1) is 0 Å². The Morgan fingerprint density at radius 3 is 2.59 bits per heavy atom. The van der Waals surface area contributed by atoms with Gasteiger partial charge in [0.2, 0.25) is 0 Å². The molecule has 3 rings (SSSR count). The molecule has 1 heterocycles. The fourth-order valence-electron chi connectivity index (χ4n) is 2.52. The number of nitrogens with zero attached hydrogens (tertiary/aromatic N) is 1. The standard InChI is InChI=1S/C21H20ClN3O3S/c1-3-15(26)11-23-14-6-4-13(5-7-14)20(27)25-21-24-19(12-29-21)17-9-8-16(28-2)10-18(17)22/h4-10,12,23H,3,11H2,1-2H3,(H,24,25,27). The molecule has 29 heavy (non-hydrogen) atoms. The van der Waals surface area contributed by atoms with E-state index in [0.717, 1.165) is 11.3 Å². The van der Waals surface area contributed by atoms with Crippen LogP contribution < -0.4 is 15.4 Å². The van der Waals surface area contributed by atoms with Crippen molar-refractivity contribution in [1.29, 1.82) is 0 Å². The first-order chi connectivity index (χ1) is 14.0. The molecule has 0 unspecified atom stereocenters. The molecule has 1 aromatic heterocycles. The second-order valence-corrected chi connectivity index (χ2v) is 7.43. The van der Waals surface area contributed by atoms with Gasteiger partial charge in [-0.05, 0) is 42.5 Å². The lowest BCUT2D eigenvalue weighted by molar-refractivity contribution is -0.117. The van der Waals surface area contributed by atoms with Crippen LogP contribution in [0.25, 0.3) is 11.3 Å². The second kappa shape index (κ2) is 9.54. The highest BCUT2D eigenvalue weighted by molar-refractivity contribution is 7.14. The zero-order valence-corrected chi connectivity index (χ0v) is 17.6. The highest BCUT2D eigenvalue weighted by Crippen LogP contribution is 2.33. The first-order valence-electron chi connectivity index (χ1n) is 8.96. The summed E-state index contributed by atoms with van der Waals surface area (Å²) < 4.78 is 5.15. The average Bonchev–Trinajstić information content (AvgIpc) is 3.20. The summed E-state index contributed by atoms with van der Waals surface area (Å²) in [5.41, 5.74) is 2.73. The molecule has 0 spiro atoms. The summed E-state index contributed by atoms with van der Waals surface area (Å²) in [7, 11) is 1.58. The highest BCUT2D eigenvalue weighted by Gasteiger charge is 2.12. The number of methoxy groups -OCH3 is 1. The van der Waals surface area contributed by atoms with E-state index in [1.165, 1.54) is 11.3 Å². The lowest BCUT2D eigenvalue weighted by Crippen LogP contribution is -2.13. The zero-order valence-electron chi connectivity index (χ0n) is 16.0. The Bertz CT molecular complexity index is 1020. The highest BCUT2D eigenvalue weighted by atomic mass is 35.5. The van der Waals surface area contributed by atoms with Gasteiger partial charge in [-0.25, -0.2) is 4.98 Å². The number of ketones is 1. The van der Waals surface area contributed by atoms with E-state index in [-0.39, 0.29) is 18.2 Å². The molecule has 0 aliphatic rings.